The molecule has 0 aliphatic heterocycles. The molecule has 0 saturated heterocycles. The van der Waals surface area contributed by atoms with Gasteiger partial charge in [0.1, 0.15) is 17.4 Å². The van der Waals surface area contributed by atoms with Crippen molar-refractivity contribution in [2.45, 2.75) is 27.2 Å². The molecular weight excluding hydrogens is 250 g/mol. The van der Waals surface area contributed by atoms with Crippen LogP contribution in [0.1, 0.15) is 31.6 Å². The van der Waals surface area contributed by atoms with Crippen LogP contribution in [-0.4, -0.2) is 5.78 Å². The van der Waals surface area contributed by atoms with E-state index >= 15 is 0 Å². The minimum atomic E-state index is -0.139. The number of fused-ring (bicyclic) bond motifs is 1. The molecule has 0 fully saturated rings. The summed E-state index contributed by atoms with van der Waals surface area (Å²) in [5, 5.41) is 10.2. The Morgan fingerprint density at radius 2 is 2.15 bits per heavy atom. The Morgan fingerprint density at radius 1 is 1.45 bits per heavy atom. The number of hydrogen-bond acceptors (Lipinski definition) is 3. The molecule has 0 spiro atoms. The molecule has 1 aromatic carbocycles. The highest BCUT2D eigenvalue weighted by Gasteiger charge is 2.18. The highest BCUT2D eigenvalue weighted by atomic mass is 16.3. The highest BCUT2D eigenvalue weighted by molar-refractivity contribution is 6.06. The van der Waals surface area contributed by atoms with Crippen molar-refractivity contribution in [2.75, 3.05) is 0 Å². The summed E-state index contributed by atoms with van der Waals surface area (Å²) in [7, 11) is 0. The van der Waals surface area contributed by atoms with Crippen LogP contribution in [-0.2, 0) is 4.79 Å². The van der Waals surface area contributed by atoms with E-state index in [1.54, 1.807) is 6.08 Å². The maximum absolute atomic E-state index is 12.2. The molecule has 1 aromatic heterocycles. The van der Waals surface area contributed by atoms with E-state index in [-0.39, 0.29) is 17.3 Å². The van der Waals surface area contributed by atoms with E-state index in [2.05, 4.69) is 0 Å². The van der Waals surface area contributed by atoms with Gasteiger partial charge in [0.25, 0.3) is 0 Å². The SMILES string of the molecule is CCC(C)C(=O)/C(C#N)=C/c1c(C)oc2ccccc12. The Hall–Kier alpha value is -2.34. The Labute approximate surface area is 118 Å². The average molecular weight is 267 g/mol. The highest BCUT2D eigenvalue weighted by Crippen LogP contribution is 2.27. The maximum atomic E-state index is 12.2. The van der Waals surface area contributed by atoms with Gasteiger partial charge in [0.05, 0.1) is 5.57 Å². The molecule has 1 unspecified atom stereocenters. The Bertz CT molecular complexity index is 716. The lowest BCUT2D eigenvalue weighted by atomic mass is 9.96. The van der Waals surface area contributed by atoms with E-state index in [9.17, 15) is 10.1 Å². The zero-order valence-corrected chi connectivity index (χ0v) is 11.9. The summed E-state index contributed by atoms with van der Waals surface area (Å²) in [5.74, 6) is 0.468. The number of carbonyl (C=O) groups is 1. The molecule has 1 heterocycles. The molecule has 2 rings (SSSR count). The van der Waals surface area contributed by atoms with Crippen LogP contribution in [0.3, 0.4) is 0 Å². The van der Waals surface area contributed by atoms with Crippen molar-refractivity contribution < 1.29 is 9.21 Å². The summed E-state index contributed by atoms with van der Waals surface area (Å²) in [6.45, 7) is 5.62. The first kappa shape index (κ1) is 14.1. The number of benzene rings is 1. The number of Topliss-reactive ketones (excluding diaryl/α,β-unsaturated/α-hetero) is 1. The summed E-state index contributed by atoms with van der Waals surface area (Å²) in [6.07, 6.45) is 2.37. The summed E-state index contributed by atoms with van der Waals surface area (Å²) >= 11 is 0. The first-order valence-corrected chi connectivity index (χ1v) is 6.72. The third-order valence-corrected chi connectivity index (χ3v) is 3.55. The van der Waals surface area contributed by atoms with E-state index in [1.165, 1.54) is 0 Å². The molecule has 0 radical (unpaired) electrons. The van der Waals surface area contributed by atoms with Gasteiger partial charge >= 0.3 is 0 Å². The lowest BCUT2D eigenvalue weighted by molar-refractivity contribution is -0.118. The zero-order chi connectivity index (χ0) is 14.7. The number of allylic oxidation sites excluding steroid dienone is 1. The standard InChI is InChI=1S/C17H17NO2/c1-4-11(2)17(19)13(10-18)9-15-12(3)20-16-8-6-5-7-14(15)16/h5-9,11H,4H2,1-3H3/b13-9+. The van der Waals surface area contributed by atoms with Crippen LogP contribution >= 0.6 is 0 Å². The van der Waals surface area contributed by atoms with Gasteiger partial charge in [-0.1, -0.05) is 32.0 Å². The van der Waals surface area contributed by atoms with Crippen LogP contribution in [0.4, 0.5) is 0 Å². The van der Waals surface area contributed by atoms with E-state index < -0.39 is 0 Å². The van der Waals surface area contributed by atoms with Crippen molar-refractivity contribution in [1.82, 2.24) is 0 Å². The number of para-hydroxylation sites is 1. The number of furan rings is 1. The molecule has 3 nitrogen and oxygen atoms in total. The smallest absolute Gasteiger partial charge is 0.176 e. The number of nitriles is 1. The van der Waals surface area contributed by atoms with E-state index in [0.29, 0.717) is 0 Å². The molecule has 0 bridgehead atoms. The predicted molar refractivity (Wildman–Crippen MR) is 79.0 cm³/mol. The lowest BCUT2D eigenvalue weighted by Gasteiger charge is -2.05. The van der Waals surface area contributed by atoms with Crippen molar-refractivity contribution in [2.24, 2.45) is 5.92 Å². The third kappa shape index (κ3) is 2.50. The second-order valence-corrected chi connectivity index (χ2v) is 4.91. The fourth-order valence-electron chi connectivity index (χ4n) is 2.12. The minimum absolute atomic E-state index is 0.111. The van der Waals surface area contributed by atoms with Crippen LogP contribution in [0.2, 0.25) is 0 Å². The molecule has 0 saturated carbocycles. The molecular formula is C17H17NO2. The van der Waals surface area contributed by atoms with Crippen LogP contribution in [0, 0.1) is 24.2 Å². The molecule has 0 amide bonds. The second kappa shape index (κ2) is 5.75. The van der Waals surface area contributed by atoms with Gasteiger partial charge in [-0.25, -0.2) is 0 Å². The number of aryl methyl sites for hydroxylation is 1. The van der Waals surface area contributed by atoms with E-state index in [4.69, 9.17) is 4.42 Å². The van der Waals surface area contributed by atoms with Crippen LogP contribution in [0.5, 0.6) is 0 Å². The van der Waals surface area contributed by atoms with Gasteiger partial charge in [0.2, 0.25) is 0 Å². The van der Waals surface area contributed by atoms with Gasteiger partial charge in [0.15, 0.2) is 5.78 Å². The second-order valence-electron chi connectivity index (χ2n) is 4.91. The molecule has 2 aromatic rings. The van der Waals surface area contributed by atoms with Crippen molar-refractivity contribution in [3.05, 3.63) is 41.2 Å². The number of rotatable bonds is 4. The van der Waals surface area contributed by atoms with Crippen molar-refractivity contribution in [3.8, 4) is 6.07 Å². The summed E-state index contributed by atoms with van der Waals surface area (Å²) in [5.41, 5.74) is 1.77. The van der Waals surface area contributed by atoms with Crippen LogP contribution in [0.15, 0.2) is 34.3 Å². The molecule has 0 N–H and O–H groups in total. The lowest BCUT2D eigenvalue weighted by Crippen LogP contribution is -2.11. The monoisotopic (exact) mass is 267 g/mol. The fourth-order valence-corrected chi connectivity index (χ4v) is 2.12. The average Bonchev–Trinajstić information content (AvgIpc) is 2.78. The van der Waals surface area contributed by atoms with E-state index in [0.717, 1.165) is 28.7 Å². The molecule has 0 aliphatic carbocycles. The van der Waals surface area contributed by atoms with Crippen LogP contribution in [0.25, 0.3) is 17.0 Å². The molecule has 3 heteroatoms. The zero-order valence-electron chi connectivity index (χ0n) is 11.9. The molecule has 0 aliphatic rings. The number of hydrogen-bond donors (Lipinski definition) is 0. The largest absolute Gasteiger partial charge is 0.461 e. The normalized spacial score (nSPS) is 13.2. The summed E-state index contributed by atoms with van der Waals surface area (Å²) in [6, 6.07) is 9.64. The minimum Gasteiger partial charge on any atom is -0.461 e. The molecule has 1 atom stereocenters. The number of ketones is 1. The van der Waals surface area contributed by atoms with Gasteiger partial charge < -0.3 is 4.42 Å². The first-order valence-electron chi connectivity index (χ1n) is 6.72. The number of carbonyl (C=O) groups excluding carboxylic acids is 1. The van der Waals surface area contributed by atoms with Crippen LogP contribution < -0.4 is 0 Å². The summed E-state index contributed by atoms with van der Waals surface area (Å²) in [4.78, 5) is 12.2. The van der Waals surface area contributed by atoms with Crippen molar-refractivity contribution in [3.63, 3.8) is 0 Å². The van der Waals surface area contributed by atoms with Gasteiger partial charge in [-0.05, 0) is 25.5 Å². The Balaban J connectivity index is 2.53. The number of nitrogens with zero attached hydrogens (tertiary/aromatic N) is 1. The van der Waals surface area contributed by atoms with E-state index in [1.807, 2.05) is 51.1 Å². The Morgan fingerprint density at radius 3 is 2.80 bits per heavy atom. The third-order valence-electron chi connectivity index (χ3n) is 3.55. The molecule has 102 valence electrons. The first-order chi connectivity index (χ1) is 9.58. The topological polar surface area (TPSA) is 54.0 Å². The van der Waals surface area contributed by atoms with Crippen molar-refractivity contribution in [1.29, 1.82) is 5.26 Å². The van der Waals surface area contributed by atoms with Gasteiger partial charge in [-0.3, -0.25) is 4.79 Å². The van der Waals surface area contributed by atoms with Gasteiger partial charge in [-0.2, -0.15) is 5.26 Å². The quantitative estimate of drug-likeness (QED) is 0.614. The fraction of sp³-hybridized carbons (Fsp3) is 0.294. The maximum Gasteiger partial charge on any atom is 0.176 e. The molecule has 20 heavy (non-hydrogen) atoms. The van der Waals surface area contributed by atoms with Gasteiger partial charge in [-0.15, -0.1) is 0 Å². The summed E-state index contributed by atoms with van der Waals surface area (Å²) < 4.78 is 5.65. The predicted octanol–water partition coefficient (Wildman–Crippen LogP) is 4.26. The Kier molecular flexibility index (Phi) is 4.05. The van der Waals surface area contributed by atoms with Gasteiger partial charge in [0, 0.05) is 16.9 Å². The van der Waals surface area contributed by atoms with Crippen molar-refractivity contribution >= 4 is 22.8 Å².